The second kappa shape index (κ2) is 5.88. The van der Waals surface area contributed by atoms with Crippen LogP contribution in [0.1, 0.15) is 18.5 Å². The number of anilines is 1. The lowest BCUT2D eigenvalue weighted by molar-refractivity contribution is -0.384. The van der Waals surface area contributed by atoms with Gasteiger partial charge in [-0.25, -0.2) is 15.0 Å². The van der Waals surface area contributed by atoms with Crippen molar-refractivity contribution >= 4 is 29.1 Å². The third kappa shape index (κ3) is 3.42. The van der Waals surface area contributed by atoms with Crippen LogP contribution in [0.4, 0.5) is 11.6 Å². The molecule has 2 aromatic rings. The fourth-order valence-corrected chi connectivity index (χ4v) is 2.27. The molecule has 1 aliphatic rings. The van der Waals surface area contributed by atoms with Crippen molar-refractivity contribution in [2.24, 2.45) is 5.92 Å². The fourth-order valence-electron chi connectivity index (χ4n) is 2.06. The first kappa shape index (κ1) is 15.3. The van der Waals surface area contributed by atoms with Crippen LogP contribution >= 0.6 is 11.6 Å². The molecule has 0 aliphatic heterocycles. The average molecular weight is 334 g/mol. The molecule has 2 aromatic heterocycles. The van der Waals surface area contributed by atoms with Crippen molar-refractivity contribution in [3.63, 3.8) is 0 Å². The summed E-state index contributed by atoms with van der Waals surface area (Å²) in [5.41, 5.74) is 1.20. The van der Waals surface area contributed by atoms with E-state index in [0.717, 1.165) is 12.8 Å². The number of carbonyl (C=O) groups excluding carboxylic acids is 1. The van der Waals surface area contributed by atoms with Gasteiger partial charge in [-0.15, -0.1) is 0 Å². The van der Waals surface area contributed by atoms with Gasteiger partial charge in [-0.3, -0.25) is 20.2 Å². The Morgan fingerprint density at radius 3 is 2.74 bits per heavy atom. The standard InChI is InChI=1S/C14H12ClN5O3/c1-7-10(11-4-9(20(22)23)5-12(15)18-11)6-16-14(17-7)19-13(21)8-2-3-8/h4-6,8H,2-3H2,1H3,(H,16,17,19,21). The Hall–Kier alpha value is -2.61. The van der Waals surface area contributed by atoms with Crippen LogP contribution in [-0.4, -0.2) is 25.8 Å². The summed E-state index contributed by atoms with van der Waals surface area (Å²) >= 11 is 5.82. The van der Waals surface area contributed by atoms with Gasteiger partial charge in [-0.05, 0) is 19.8 Å². The van der Waals surface area contributed by atoms with Gasteiger partial charge in [0.15, 0.2) is 0 Å². The van der Waals surface area contributed by atoms with Crippen LogP contribution in [0.15, 0.2) is 18.3 Å². The highest BCUT2D eigenvalue weighted by molar-refractivity contribution is 6.29. The Bertz CT molecular complexity index is 807. The summed E-state index contributed by atoms with van der Waals surface area (Å²) < 4.78 is 0. The van der Waals surface area contributed by atoms with Crippen LogP contribution in [0.3, 0.4) is 0 Å². The minimum Gasteiger partial charge on any atom is -0.294 e. The van der Waals surface area contributed by atoms with Crippen molar-refractivity contribution in [3.8, 4) is 11.3 Å². The summed E-state index contributed by atoms with van der Waals surface area (Å²) in [6.45, 7) is 1.71. The van der Waals surface area contributed by atoms with Gasteiger partial charge in [-0.1, -0.05) is 11.6 Å². The van der Waals surface area contributed by atoms with Gasteiger partial charge in [0.05, 0.1) is 22.4 Å². The molecule has 1 fully saturated rings. The second-order valence-corrected chi connectivity index (χ2v) is 5.63. The summed E-state index contributed by atoms with van der Waals surface area (Å²) in [5, 5.41) is 13.6. The van der Waals surface area contributed by atoms with Crippen molar-refractivity contribution in [2.75, 3.05) is 5.32 Å². The lowest BCUT2D eigenvalue weighted by Gasteiger charge is -2.07. The Balaban J connectivity index is 1.91. The van der Waals surface area contributed by atoms with E-state index in [9.17, 15) is 14.9 Å². The topological polar surface area (TPSA) is 111 Å². The van der Waals surface area contributed by atoms with Gasteiger partial charge in [0.25, 0.3) is 5.69 Å². The normalized spacial score (nSPS) is 13.7. The highest BCUT2D eigenvalue weighted by Gasteiger charge is 2.30. The fraction of sp³-hybridized carbons (Fsp3) is 0.286. The molecule has 2 heterocycles. The third-order valence-corrected chi connectivity index (χ3v) is 3.62. The maximum absolute atomic E-state index is 11.7. The summed E-state index contributed by atoms with van der Waals surface area (Å²) in [4.78, 5) is 34.4. The van der Waals surface area contributed by atoms with Gasteiger partial charge in [0.1, 0.15) is 5.15 Å². The van der Waals surface area contributed by atoms with Crippen molar-refractivity contribution in [2.45, 2.75) is 19.8 Å². The molecule has 0 atom stereocenters. The molecular weight excluding hydrogens is 322 g/mol. The molecule has 23 heavy (non-hydrogen) atoms. The molecule has 0 saturated heterocycles. The molecule has 8 nitrogen and oxygen atoms in total. The molecule has 1 N–H and O–H groups in total. The molecule has 1 amide bonds. The van der Waals surface area contributed by atoms with Crippen LogP contribution in [0.5, 0.6) is 0 Å². The SMILES string of the molecule is Cc1nc(NC(=O)C2CC2)ncc1-c1cc([N+](=O)[O-])cc(Cl)n1. The van der Waals surface area contributed by atoms with E-state index in [1.54, 1.807) is 6.92 Å². The molecule has 3 rings (SSSR count). The van der Waals surface area contributed by atoms with Crippen molar-refractivity contribution in [1.82, 2.24) is 15.0 Å². The Labute approximate surface area is 136 Å². The first-order chi connectivity index (χ1) is 10.9. The van der Waals surface area contributed by atoms with Gasteiger partial charge in [-0.2, -0.15) is 0 Å². The number of rotatable bonds is 4. The quantitative estimate of drug-likeness (QED) is 0.523. The van der Waals surface area contributed by atoms with E-state index in [1.165, 1.54) is 18.3 Å². The molecule has 9 heteroatoms. The lowest BCUT2D eigenvalue weighted by Crippen LogP contribution is -2.16. The lowest BCUT2D eigenvalue weighted by atomic mass is 10.1. The number of nitrogens with one attached hydrogen (secondary N) is 1. The van der Waals surface area contributed by atoms with E-state index < -0.39 is 4.92 Å². The van der Waals surface area contributed by atoms with Crippen LogP contribution < -0.4 is 5.32 Å². The number of aromatic nitrogens is 3. The Kier molecular flexibility index (Phi) is 3.91. The van der Waals surface area contributed by atoms with Gasteiger partial charge in [0, 0.05) is 23.7 Å². The molecule has 0 aromatic carbocycles. The number of halogens is 1. The molecule has 0 spiro atoms. The molecule has 0 bridgehead atoms. The summed E-state index contributed by atoms with van der Waals surface area (Å²) in [6.07, 6.45) is 3.24. The highest BCUT2D eigenvalue weighted by atomic mass is 35.5. The van der Waals surface area contributed by atoms with Crippen molar-refractivity contribution in [3.05, 3.63) is 39.3 Å². The predicted octanol–water partition coefficient (Wildman–Crippen LogP) is 2.76. The van der Waals surface area contributed by atoms with E-state index in [-0.39, 0.29) is 28.6 Å². The smallest absolute Gasteiger partial charge is 0.274 e. The van der Waals surface area contributed by atoms with E-state index in [1.807, 2.05) is 0 Å². The summed E-state index contributed by atoms with van der Waals surface area (Å²) in [7, 11) is 0. The van der Waals surface area contributed by atoms with Gasteiger partial charge >= 0.3 is 0 Å². The monoisotopic (exact) mass is 333 g/mol. The van der Waals surface area contributed by atoms with E-state index in [2.05, 4.69) is 20.3 Å². The largest absolute Gasteiger partial charge is 0.294 e. The minimum atomic E-state index is -0.544. The maximum atomic E-state index is 11.7. The number of nitrogens with zero attached hydrogens (tertiary/aromatic N) is 4. The summed E-state index contributed by atoms with van der Waals surface area (Å²) in [6, 6.07) is 2.48. The number of aryl methyl sites for hydroxylation is 1. The second-order valence-electron chi connectivity index (χ2n) is 5.25. The first-order valence-corrected chi connectivity index (χ1v) is 7.28. The minimum absolute atomic E-state index is 0.0136. The van der Waals surface area contributed by atoms with Crippen LogP contribution in [0, 0.1) is 23.0 Å². The molecular formula is C14H12ClN5O3. The Morgan fingerprint density at radius 2 is 2.13 bits per heavy atom. The molecule has 118 valence electrons. The zero-order chi connectivity index (χ0) is 16.6. The predicted molar refractivity (Wildman–Crippen MR) is 83.0 cm³/mol. The van der Waals surface area contributed by atoms with Crippen LogP contribution in [0.2, 0.25) is 5.15 Å². The molecule has 0 unspecified atom stereocenters. The zero-order valence-electron chi connectivity index (χ0n) is 12.1. The number of pyridine rings is 1. The number of hydrogen-bond acceptors (Lipinski definition) is 6. The number of hydrogen-bond donors (Lipinski definition) is 1. The number of carbonyl (C=O) groups is 1. The van der Waals surface area contributed by atoms with E-state index >= 15 is 0 Å². The molecule has 1 saturated carbocycles. The molecule has 0 radical (unpaired) electrons. The van der Waals surface area contributed by atoms with Gasteiger partial charge in [0.2, 0.25) is 11.9 Å². The third-order valence-electron chi connectivity index (χ3n) is 3.43. The van der Waals surface area contributed by atoms with E-state index in [4.69, 9.17) is 11.6 Å². The van der Waals surface area contributed by atoms with E-state index in [0.29, 0.717) is 17.0 Å². The average Bonchev–Trinajstić information content (AvgIpc) is 3.31. The first-order valence-electron chi connectivity index (χ1n) is 6.91. The highest BCUT2D eigenvalue weighted by Crippen LogP contribution is 2.30. The van der Waals surface area contributed by atoms with Crippen LogP contribution in [0.25, 0.3) is 11.3 Å². The number of nitro groups is 1. The van der Waals surface area contributed by atoms with Crippen LogP contribution in [-0.2, 0) is 4.79 Å². The van der Waals surface area contributed by atoms with Crippen molar-refractivity contribution < 1.29 is 9.72 Å². The maximum Gasteiger partial charge on any atom is 0.274 e. The van der Waals surface area contributed by atoms with Gasteiger partial charge < -0.3 is 0 Å². The number of amides is 1. The zero-order valence-corrected chi connectivity index (χ0v) is 12.9. The summed E-state index contributed by atoms with van der Waals surface area (Å²) in [5.74, 6) is 0.171. The van der Waals surface area contributed by atoms with Crippen molar-refractivity contribution in [1.29, 1.82) is 0 Å². The Morgan fingerprint density at radius 1 is 1.39 bits per heavy atom. The molecule has 1 aliphatic carbocycles.